The predicted octanol–water partition coefficient (Wildman–Crippen LogP) is 4.87. The number of halogens is 2. The summed E-state index contributed by atoms with van der Waals surface area (Å²) in [5.41, 5.74) is 8.36. The van der Waals surface area contributed by atoms with Gasteiger partial charge < -0.3 is 5.73 Å². The number of hydrogen-bond acceptors (Lipinski definition) is 3. The van der Waals surface area contributed by atoms with Crippen LogP contribution in [0.15, 0.2) is 50.9 Å². The monoisotopic (exact) mass is 396 g/mol. The van der Waals surface area contributed by atoms with Crippen molar-refractivity contribution >= 4 is 53.3 Å². The Balaban J connectivity index is 2.13. The van der Waals surface area contributed by atoms with Crippen LogP contribution in [0.4, 0.5) is 0 Å². The quantitative estimate of drug-likeness (QED) is 0.669. The van der Waals surface area contributed by atoms with Crippen molar-refractivity contribution in [2.75, 3.05) is 0 Å². The van der Waals surface area contributed by atoms with Gasteiger partial charge in [-0.3, -0.25) is 4.98 Å². The van der Waals surface area contributed by atoms with Crippen LogP contribution >= 0.6 is 43.2 Å². The molecule has 1 aromatic carbocycles. The van der Waals surface area contributed by atoms with Crippen LogP contribution in [0.3, 0.4) is 0 Å². The Labute approximate surface area is 131 Å². The third-order valence-electron chi connectivity index (χ3n) is 2.98. The van der Waals surface area contributed by atoms with Crippen LogP contribution in [0, 0.1) is 0 Å². The molecule has 2 aromatic heterocycles. The zero-order chi connectivity index (χ0) is 13.4. The molecule has 2 heterocycles. The number of pyridine rings is 1. The Morgan fingerprint density at radius 2 is 2.05 bits per heavy atom. The van der Waals surface area contributed by atoms with Gasteiger partial charge in [-0.05, 0) is 60.3 Å². The van der Waals surface area contributed by atoms with Crippen molar-refractivity contribution in [3.8, 4) is 0 Å². The minimum atomic E-state index is -0.232. The van der Waals surface area contributed by atoms with Gasteiger partial charge >= 0.3 is 0 Å². The van der Waals surface area contributed by atoms with E-state index in [1.807, 2.05) is 12.1 Å². The first-order valence-corrected chi connectivity index (χ1v) is 8.16. The number of aromatic nitrogens is 1. The van der Waals surface area contributed by atoms with Crippen LogP contribution in [0.2, 0.25) is 0 Å². The summed E-state index contributed by atoms with van der Waals surface area (Å²) >= 11 is 8.65. The molecule has 2 N–H and O–H groups in total. The maximum absolute atomic E-state index is 6.39. The Bertz CT molecular complexity index is 739. The summed E-state index contributed by atoms with van der Waals surface area (Å²) in [4.78, 5) is 4.43. The molecule has 19 heavy (non-hydrogen) atoms. The van der Waals surface area contributed by atoms with Gasteiger partial charge in [-0.2, -0.15) is 0 Å². The molecule has 0 aliphatic carbocycles. The van der Waals surface area contributed by atoms with Crippen LogP contribution in [0.1, 0.15) is 17.3 Å². The van der Waals surface area contributed by atoms with Crippen molar-refractivity contribution in [3.63, 3.8) is 0 Å². The van der Waals surface area contributed by atoms with Crippen molar-refractivity contribution in [1.29, 1.82) is 0 Å². The van der Waals surface area contributed by atoms with E-state index < -0.39 is 0 Å². The van der Waals surface area contributed by atoms with Gasteiger partial charge in [0, 0.05) is 19.8 Å². The van der Waals surface area contributed by atoms with Crippen molar-refractivity contribution in [1.82, 2.24) is 4.98 Å². The fourth-order valence-electron chi connectivity index (χ4n) is 2.06. The molecular formula is C14H10Br2N2S. The predicted molar refractivity (Wildman–Crippen MR) is 87.5 cm³/mol. The van der Waals surface area contributed by atoms with Crippen molar-refractivity contribution < 1.29 is 0 Å². The van der Waals surface area contributed by atoms with E-state index in [0.29, 0.717) is 0 Å². The van der Waals surface area contributed by atoms with E-state index in [4.69, 9.17) is 5.73 Å². The third kappa shape index (κ3) is 2.48. The number of nitrogens with zero attached hydrogens (tertiary/aromatic N) is 1. The second-order valence-electron chi connectivity index (χ2n) is 4.18. The molecule has 3 rings (SSSR count). The standard InChI is InChI=1S/C14H10Br2N2S/c15-9-6-11(16)13(18-7-9)12(17)10-3-1-2-8-4-5-19-14(8)10/h1-7,12H,17H2. The van der Waals surface area contributed by atoms with Gasteiger partial charge in [-0.1, -0.05) is 18.2 Å². The maximum Gasteiger partial charge on any atom is 0.0759 e. The molecule has 2 nitrogen and oxygen atoms in total. The number of benzene rings is 1. The molecule has 0 aliphatic rings. The Kier molecular flexibility index (Phi) is 3.71. The highest BCUT2D eigenvalue weighted by Crippen LogP contribution is 2.33. The van der Waals surface area contributed by atoms with Crippen molar-refractivity contribution in [2.45, 2.75) is 6.04 Å². The first kappa shape index (κ1) is 13.2. The molecule has 0 radical (unpaired) electrons. The van der Waals surface area contributed by atoms with Gasteiger partial charge in [-0.15, -0.1) is 11.3 Å². The fraction of sp³-hybridized carbons (Fsp3) is 0.0714. The van der Waals surface area contributed by atoms with Crippen LogP contribution in [0.5, 0.6) is 0 Å². The van der Waals surface area contributed by atoms with Crippen LogP contribution in [-0.2, 0) is 0 Å². The molecule has 96 valence electrons. The van der Waals surface area contributed by atoms with Crippen LogP contribution < -0.4 is 5.73 Å². The lowest BCUT2D eigenvalue weighted by atomic mass is 10.0. The fourth-order valence-corrected chi connectivity index (χ4v) is 4.25. The highest BCUT2D eigenvalue weighted by molar-refractivity contribution is 9.11. The molecule has 1 unspecified atom stereocenters. The summed E-state index contributed by atoms with van der Waals surface area (Å²) in [6.45, 7) is 0. The van der Waals surface area contributed by atoms with Crippen LogP contribution in [-0.4, -0.2) is 4.98 Å². The van der Waals surface area contributed by atoms with Gasteiger partial charge in [0.1, 0.15) is 0 Å². The van der Waals surface area contributed by atoms with E-state index in [9.17, 15) is 0 Å². The number of nitrogens with two attached hydrogens (primary N) is 1. The molecule has 0 saturated heterocycles. The van der Waals surface area contributed by atoms with E-state index in [2.05, 4.69) is 60.4 Å². The van der Waals surface area contributed by atoms with Crippen molar-refractivity contribution in [2.24, 2.45) is 5.73 Å². The summed E-state index contributed by atoms with van der Waals surface area (Å²) in [7, 11) is 0. The summed E-state index contributed by atoms with van der Waals surface area (Å²) in [6.07, 6.45) is 1.77. The minimum Gasteiger partial charge on any atom is -0.319 e. The maximum atomic E-state index is 6.39. The summed E-state index contributed by atoms with van der Waals surface area (Å²) in [5.74, 6) is 0. The number of thiophene rings is 1. The average molecular weight is 398 g/mol. The average Bonchev–Trinajstić information content (AvgIpc) is 2.86. The molecule has 0 spiro atoms. The molecule has 0 amide bonds. The van der Waals surface area contributed by atoms with Gasteiger partial charge in [-0.25, -0.2) is 0 Å². The molecular weight excluding hydrogens is 388 g/mol. The van der Waals surface area contributed by atoms with Crippen molar-refractivity contribution in [3.05, 3.63) is 62.1 Å². The van der Waals surface area contributed by atoms with E-state index in [1.54, 1.807) is 17.5 Å². The molecule has 3 aromatic rings. The van der Waals surface area contributed by atoms with Crippen LogP contribution in [0.25, 0.3) is 10.1 Å². The molecule has 5 heteroatoms. The smallest absolute Gasteiger partial charge is 0.0759 e. The van der Waals surface area contributed by atoms with E-state index in [1.165, 1.54) is 10.1 Å². The number of fused-ring (bicyclic) bond motifs is 1. The van der Waals surface area contributed by atoms with Gasteiger partial charge in [0.25, 0.3) is 0 Å². The molecule has 0 fully saturated rings. The van der Waals surface area contributed by atoms with Gasteiger partial charge in [0.05, 0.1) is 11.7 Å². The highest BCUT2D eigenvalue weighted by Gasteiger charge is 2.17. The third-order valence-corrected chi connectivity index (χ3v) is 5.02. The minimum absolute atomic E-state index is 0.232. The Morgan fingerprint density at radius 1 is 1.21 bits per heavy atom. The summed E-state index contributed by atoms with van der Waals surface area (Å²) in [5, 5.41) is 3.32. The zero-order valence-corrected chi connectivity index (χ0v) is 13.8. The number of hydrogen-bond donors (Lipinski definition) is 1. The SMILES string of the molecule is NC(c1ncc(Br)cc1Br)c1cccc2ccsc12. The molecule has 0 bridgehead atoms. The van der Waals surface area contributed by atoms with E-state index in [0.717, 1.165) is 20.2 Å². The zero-order valence-electron chi connectivity index (χ0n) is 9.81. The largest absolute Gasteiger partial charge is 0.319 e. The summed E-state index contributed by atoms with van der Waals surface area (Å²) < 4.78 is 3.08. The first-order chi connectivity index (χ1) is 9.16. The summed E-state index contributed by atoms with van der Waals surface area (Å²) in [6, 6.07) is 10.1. The molecule has 0 saturated carbocycles. The second-order valence-corrected chi connectivity index (χ2v) is 6.87. The normalized spacial score (nSPS) is 12.8. The molecule has 0 aliphatic heterocycles. The topological polar surface area (TPSA) is 38.9 Å². The highest BCUT2D eigenvalue weighted by atomic mass is 79.9. The Hall–Kier alpha value is -0.750. The van der Waals surface area contributed by atoms with E-state index in [-0.39, 0.29) is 6.04 Å². The lowest BCUT2D eigenvalue weighted by molar-refractivity contribution is 0.829. The second kappa shape index (κ2) is 5.32. The lowest BCUT2D eigenvalue weighted by Crippen LogP contribution is -2.14. The number of rotatable bonds is 2. The van der Waals surface area contributed by atoms with Gasteiger partial charge in [0.2, 0.25) is 0 Å². The first-order valence-electron chi connectivity index (χ1n) is 5.69. The van der Waals surface area contributed by atoms with E-state index >= 15 is 0 Å². The lowest BCUT2D eigenvalue weighted by Gasteiger charge is -2.14. The molecule has 1 atom stereocenters. The van der Waals surface area contributed by atoms with Gasteiger partial charge in [0.15, 0.2) is 0 Å². The Morgan fingerprint density at radius 3 is 2.84 bits per heavy atom.